The molecule has 8 nitrogen and oxygen atoms in total. The quantitative estimate of drug-likeness (QED) is 0.650. The van der Waals surface area contributed by atoms with Crippen LogP contribution in [0.2, 0.25) is 0 Å². The highest BCUT2D eigenvalue weighted by Gasteiger charge is 2.22. The number of aromatic amines is 2. The van der Waals surface area contributed by atoms with Crippen LogP contribution < -0.4 is 10.3 Å². The first-order valence-corrected chi connectivity index (χ1v) is 9.75. The van der Waals surface area contributed by atoms with Crippen LogP contribution in [0.15, 0.2) is 23.0 Å². The Kier molecular flexibility index (Phi) is 4.94. The van der Waals surface area contributed by atoms with E-state index in [1.54, 1.807) is 12.0 Å². The van der Waals surface area contributed by atoms with Crippen LogP contribution >= 0.6 is 12.2 Å². The minimum absolute atomic E-state index is 0.0606. The lowest BCUT2D eigenvalue weighted by atomic mass is 10.2. The molecule has 0 radical (unpaired) electrons. The molecule has 0 atom stereocenters. The van der Waals surface area contributed by atoms with Crippen LogP contribution in [0.5, 0.6) is 5.75 Å². The summed E-state index contributed by atoms with van der Waals surface area (Å²) in [5, 5.41) is 0.826. The number of hydrogen-bond donors (Lipinski definition) is 2. The predicted octanol–water partition coefficient (Wildman–Crippen LogP) is 1.71. The molecule has 1 aliphatic rings. The second-order valence-electron chi connectivity index (χ2n) is 6.92. The van der Waals surface area contributed by atoms with Gasteiger partial charge in [0, 0.05) is 37.1 Å². The number of carbonyl (C=O) groups is 1. The number of ether oxygens (including phenoxy) is 1. The fourth-order valence-corrected chi connectivity index (χ4v) is 3.93. The zero-order chi connectivity index (χ0) is 19.8. The van der Waals surface area contributed by atoms with E-state index in [-0.39, 0.29) is 22.8 Å². The van der Waals surface area contributed by atoms with E-state index >= 15 is 0 Å². The molecule has 0 bridgehead atoms. The molecule has 9 heteroatoms. The van der Waals surface area contributed by atoms with Gasteiger partial charge < -0.3 is 24.5 Å². The third-order valence-electron chi connectivity index (χ3n) is 5.41. The van der Waals surface area contributed by atoms with Gasteiger partial charge in [-0.25, -0.2) is 0 Å². The minimum atomic E-state index is -0.297. The maximum absolute atomic E-state index is 13.0. The molecule has 148 valence electrons. The number of amides is 1. The fraction of sp³-hybridized carbons (Fsp3) is 0.421. The Morgan fingerprint density at radius 3 is 2.61 bits per heavy atom. The molecule has 2 aromatic heterocycles. The highest BCUT2D eigenvalue weighted by Crippen LogP contribution is 2.25. The molecule has 4 rings (SSSR count). The van der Waals surface area contributed by atoms with E-state index in [9.17, 15) is 9.59 Å². The lowest BCUT2D eigenvalue weighted by Gasteiger charge is -2.34. The molecular formula is C19H23N5O3S. The third kappa shape index (κ3) is 3.20. The highest BCUT2D eigenvalue weighted by atomic mass is 32.1. The summed E-state index contributed by atoms with van der Waals surface area (Å²) in [5.41, 5.74) is 1.54. The highest BCUT2D eigenvalue weighted by molar-refractivity contribution is 7.71. The van der Waals surface area contributed by atoms with Crippen molar-refractivity contribution in [2.45, 2.75) is 13.5 Å². The van der Waals surface area contributed by atoms with E-state index in [2.05, 4.69) is 21.8 Å². The normalized spacial score (nSPS) is 15.4. The topological polar surface area (TPSA) is 86.4 Å². The summed E-state index contributed by atoms with van der Waals surface area (Å²) in [7, 11) is 1.59. The molecule has 1 saturated heterocycles. The third-order valence-corrected chi connectivity index (χ3v) is 5.73. The summed E-state index contributed by atoms with van der Waals surface area (Å²) in [4.78, 5) is 36.1. The van der Waals surface area contributed by atoms with Crippen LogP contribution in [0.1, 0.15) is 6.92 Å². The summed E-state index contributed by atoms with van der Waals surface area (Å²) < 4.78 is 6.84. The Labute approximate surface area is 166 Å². The Morgan fingerprint density at radius 1 is 1.18 bits per heavy atom. The number of aromatic nitrogens is 3. The maximum Gasteiger partial charge on any atom is 0.279 e. The van der Waals surface area contributed by atoms with E-state index < -0.39 is 0 Å². The number of likely N-dealkylation sites (N-methyl/N-ethyl adjacent to an activating group) is 1. The summed E-state index contributed by atoms with van der Waals surface area (Å²) in [5.74, 6) is 0.604. The van der Waals surface area contributed by atoms with Gasteiger partial charge in [-0.1, -0.05) is 6.92 Å². The number of nitrogens with one attached hydrogen (secondary N) is 2. The fourth-order valence-electron chi connectivity index (χ4n) is 3.68. The number of fused-ring (bicyclic) bond motifs is 3. The van der Waals surface area contributed by atoms with Crippen LogP contribution in [-0.2, 0) is 11.3 Å². The minimum Gasteiger partial charge on any atom is -0.497 e. The standard InChI is InChI=1S/C19H23N5O3S/c1-3-22-6-8-23(9-7-22)15(25)11-24-18(26)17-16(21-19(24)28)13-10-12(27-2)4-5-14(13)20-17/h4-5,10,20H,3,6-9,11H2,1-2H3,(H,21,28). The molecule has 1 aliphatic heterocycles. The SMILES string of the molecule is CCN1CCN(C(=O)Cn2c(=S)[nH]c3c([nH]c4ccc(OC)cc43)c2=O)CC1. The number of nitrogens with zero attached hydrogens (tertiary/aromatic N) is 3. The number of benzene rings is 1. The predicted molar refractivity (Wildman–Crippen MR) is 110 cm³/mol. The Balaban J connectivity index is 1.68. The van der Waals surface area contributed by atoms with Gasteiger partial charge in [0.1, 0.15) is 17.8 Å². The average molecular weight is 401 g/mol. The molecule has 3 heterocycles. The zero-order valence-corrected chi connectivity index (χ0v) is 16.8. The zero-order valence-electron chi connectivity index (χ0n) is 15.9. The van der Waals surface area contributed by atoms with Gasteiger partial charge in [0.15, 0.2) is 4.77 Å². The van der Waals surface area contributed by atoms with Crippen molar-refractivity contribution in [1.82, 2.24) is 24.3 Å². The molecule has 0 unspecified atom stereocenters. The van der Waals surface area contributed by atoms with Crippen molar-refractivity contribution in [3.63, 3.8) is 0 Å². The molecule has 0 saturated carbocycles. The van der Waals surface area contributed by atoms with E-state index in [1.165, 1.54) is 4.57 Å². The Hall–Kier alpha value is -2.65. The molecule has 0 aliphatic carbocycles. The van der Waals surface area contributed by atoms with Crippen molar-refractivity contribution in [1.29, 1.82) is 0 Å². The van der Waals surface area contributed by atoms with E-state index in [0.29, 0.717) is 29.9 Å². The first-order chi connectivity index (χ1) is 13.5. The lowest BCUT2D eigenvalue weighted by molar-refractivity contribution is -0.133. The van der Waals surface area contributed by atoms with Crippen molar-refractivity contribution in [2.75, 3.05) is 39.8 Å². The van der Waals surface area contributed by atoms with Crippen molar-refractivity contribution in [2.24, 2.45) is 0 Å². The number of piperazine rings is 1. The molecule has 3 aromatic rings. The molecular weight excluding hydrogens is 378 g/mol. The number of methoxy groups -OCH3 is 1. The number of rotatable bonds is 4. The van der Waals surface area contributed by atoms with E-state index in [4.69, 9.17) is 17.0 Å². The van der Waals surface area contributed by atoms with Gasteiger partial charge in [0.05, 0.1) is 12.6 Å². The van der Waals surface area contributed by atoms with Crippen LogP contribution in [0.25, 0.3) is 21.9 Å². The Bertz CT molecular complexity index is 1150. The average Bonchev–Trinajstić information content (AvgIpc) is 3.08. The van der Waals surface area contributed by atoms with Gasteiger partial charge in [-0.2, -0.15) is 0 Å². The van der Waals surface area contributed by atoms with Gasteiger partial charge >= 0.3 is 0 Å². The lowest BCUT2D eigenvalue weighted by Crippen LogP contribution is -2.49. The molecule has 1 amide bonds. The van der Waals surface area contributed by atoms with Gasteiger partial charge in [-0.3, -0.25) is 14.2 Å². The van der Waals surface area contributed by atoms with Crippen molar-refractivity contribution in [3.05, 3.63) is 33.3 Å². The molecule has 2 N–H and O–H groups in total. The van der Waals surface area contributed by atoms with E-state index in [1.807, 2.05) is 18.2 Å². The first-order valence-electron chi connectivity index (χ1n) is 9.34. The monoisotopic (exact) mass is 401 g/mol. The van der Waals surface area contributed by atoms with E-state index in [0.717, 1.165) is 30.5 Å². The summed E-state index contributed by atoms with van der Waals surface area (Å²) in [6, 6.07) is 5.53. The number of H-pyrrole nitrogens is 2. The van der Waals surface area contributed by atoms with Crippen LogP contribution in [0.3, 0.4) is 0 Å². The van der Waals surface area contributed by atoms with Crippen LogP contribution in [-0.4, -0.2) is 70.1 Å². The second-order valence-corrected chi connectivity index (χ2v) is 7.31. The van der Waals surface area contributed by atoms with Gasteiger partial charge in [0.2, 0.25) is 5.91 Å². The summed E-state index contributed by atoms with van der Waals surface area (Å²) in [6.45, 7) is 6.09. The number of carbonyl (C=O) groups excluding carboxylic acids is 1. The van der Waals surface area contributed by atoms with Gasteiger partial charge in [-0.05, 0) is 37.0 Å². The molecule has 0 spiro atoms. The first kappa shape index (κ1) is 18.7. The Morgan fingerprint density at radius 2 is 1.93 bits per heavy atom. The second kappa shape index (κ2) is 7.40. The summed E-state index contributed by atoms with van der Waals surface area (Å²) in [6.07, 6.45) is 0. The van der Waals surface area contributed by atoms with Crippen LogP contribution in [0, 0.1) is 4.77 Å². The van der Waals surface area contributed by atoms with Gasteiger partial charge in [0.25, 0.3) is 5.56 Å². The van der Waals surface area contributed by atoms with Crippen molar-refractivity contribution >= 4 is 40.1 Å². The molecule has 1 fully saturated rings. The molecule has 1 aromatic carbocycles. The largest absolute Gasteiger partial charge is 0.497 e. The molecule has 28 heavy (non-hydrogen) atoms. The maximum atomic E-state index is 13.0. The van der Waals surface area contributed by atoms with Crippen molar-refractivity contribution < 1.29 is 9.53 Å². The smallest absolute Gasteiger partial charge is 0.279 e. The van der Waals surface area contributed by atoms with Gasteiger partial charge in [-0.15, -0.1) is 0 Å². The van der Waals surface area contributed by atoms with Crippen molar-refractivity contribution in [3.8, 4) is 5.75 Å². The number of hydrogen-bond acceptors (Lipinski definition) is 5. The summed E-state index contributed by atoms with van der Waals surface area (Å²) >= 11 is 5.40. The van der Waals surface area contributed by atoms with Crippen LogP contribution in [0.4, 0.5) is 0 Å².